The lowest BCUT2D eigenvalue weighted by Crippen LogP contribution is -2.56. The highest BCUT2D eigenvalue weighted by atomic mass is 35.5. The average molecular weight is 490 g/mol. The predicted octanol–water partition coefficient (Wildman–Crippen LogP) is 1.61. The third kappa shape index (κ3) is 6.57. The zero-order chi connectivity index (χ0) is 22.8. The maximum absolute atomic E-state index is 13.1. The largest absolute Gasteiger partial charge is 0.340 e. The number of sulfone groups is 1. The molecule has 1 aromatic carbocycles. The molecule has 170 valence electrons. The second-order valence-corrected chi connectivity index (χ2v) is 11.1. The molecular weight excluding hydrogens is 465 g/mol. The van der Waals surface area contributed by atoms with Gasteiger partial charge in [-0.2, -0.15) is 0 Å². The Balaban J connectivity index is 1.68. The van der Waals surface area contributed by atoms with E-state index in [1.54, 1.807) is 9.80 Å². The van der Waals surface area contributed by atoms with E-state index in [4.69, 9.17) is 23.2 Å². The van der Waals surface area contributed by atoms with Gasteiger partial charge in [-0.1, -0.05) is 23.2 Å². The highest BCUT2D eigenvalue weighted by Gasteiger charge is 2.36. The molecule has 1 N–H and O–H groups in total. The Labute approximate surface area is 191 Å². The minimum Gasteiger partial charge on any atom is -0.340 e. The number of benzene rings is 1. The van der Waals surface area contributed by atoms with Crippen LogP contribution >= 0.6 is 23.2 Å². The molecule has 1 unspecified atom stereocenters. The number of rotatable bonds is 7. The third-order valence-electron chi connectivity index (χ3n) is 5.39. The van der Waals surface area contributed by atoms with E-state index in [2.05, 4.69) is 5.32 Å². The van der Waals surface area contributed by atoms with Crippen molar-refractivity contribution < 1.29 is 22.8 Å². The van der Waals surface area contributed by atoms with E-state index < -0.39 is 21.8 Å². The second-order valence-electron chi connectivity index (χ2n) is 7.99. The Kier molecular flexibility index (Phi) is 7.49. The molecule has 3 amide bonds. The molecule has 0 spiro atoms. The maximum atomic E-state index is 13.1. The number of halogens is 2. The average Bonchev–Trinajstić information content (AvgIpc) is 3.54. The van der Waals surface area contributed by atoms with Gasteiger partial charge in [-0.05, 0) is 37.5 Å². The van der Waals surface area contributed by atoms with E-state index in [1.807, 2.05) is 0 Å². The van der Waals surface area contributed by atoms with Gasteiger partial charge >= 0.3 is 0 Å². The van der Waals surface area contributed by atoms with Crippen LogP contribution in [0.2, 0.25) is 10.0 Å². The van der Waals surface area contributed by atoms with Crippen molar-refractivity contribution in [1.29, 1.82) is 0 Å². The first-order valence-corrected chi connectivity index (χ1v) is 12.9. The molecule has 1 saturated carbocycles. The Hall–Kier alpha value is -1.84. The van der Waals surface area contributed by atoms with Crippen LogP contribution in [-0.4, -0.2) is 80.2 Å². The first-order chi connectivity index (χ1) is 14.5. The molecule has 0 aromatic heterocycles. The zero-order valence-corrected chi connectivity index (χ0v) is 19.5. The fraction of sp³-hybridized carbons (Fsp3) is 0.550. The smallest absolute Gasteiger partial charge is 0.253 e. The van der Waals surface area contributed by atoms with E-state index in [1.165, 1.54) is 18.2 Å². The van der Waals surface area contributed by atoms with Crippen molar-refractivity contribution in [3.05, 3.63) is 33.8 Å². The third-order valence-corrected chi connectivity index (χ3v) is 6.91. The van der Waals surface area contributed by atoms with E-state index in [0.29, 0.717) is 31.2 Å². The number of amides is 3. The second kappa shape index (κ2) is 9.75. The molecule has 0 bridgehead atoms. The number of nitrogens with one attached hydrogen (secondary N) is 1. The highest BCUT2D eigenvalue weighted by molar-refractivity contribution is 7.90. The Bertz CT molecular complexity index is 973. The summed E-state index contributed by atoms with van der Waals surface area (Å²) in [6, 6.07) is 3.34. The number of piperazine rings is 1. The normalized spacial score (nSPS) is 17.9. The van der Waals surface area contributed by atoms with Crippen molar-refractivity contribution in [1.82, 2.24) is 15.1 Å². The molecule has 8 nitrogen and oxygen atoms in total. The predicted molar refractivity (Wildman–Crippen MR) is 118 cm³/mol. The lowest BCUT2D eigenvalue weighted by molar-refractivity contribution is -0.141. The summed E-state index contributed by atoms with van der Waals surface area (Å²) in [6.45, 7) is 1.53. The molecular formula is C20H25Cl2N3O5S. The van der Waals surface area contributed by atoms with E-state index in [0.717, 1.165) is 19.1 Å². The number of hydrogen-bond acceptors (Lipinski definition) is 5. The molecule has 11 heteroatoms. The molecule has 1 atom stereocenters. The highest BCUT2D eigenvalue weighted by Crippen LogP contribution is 2.31. The summed E-state index contributed by atoms with van der Waals surface area (Å²) in [4.78, 5) is 41.4. The SMILES string of the molecule is CS(=O)(=O)CCC(NC(=O)c1ccc(Cl)cc1Cl)C(=O)N1CCN(C(=O)C2CC2)CC1. The number of hydrogen-bond donors (Lipinski definition) is 1. The number of carbonyl (C=O) groups excluding carboxylic acids is 3. The minimum absolute atomic E-state index is 0.0597. The van der Waals surface area contributed by atoms with Gasteiger partial charge in [0.1, 0.15) is 15.9 Å². The van der Waals surface area contributed by atoms with Gasteiger partial charge in [0, 0.05) is 43.4 Å². The molecule has 1 aromatic rings. The van der Waals surface area contributed by atoms with Gasteiger partial charge in [-0.15, -0.1) is 0 Å². The Morgan fingerprint density at radius 3 is 2.26 bits per heavy atom. The van der Waals surface area contributed by atoms with Crippen molar-refractivity contribution >= 4 is 50.8 Å². The summed E-state index contributed by atoms with van der Waals surface area (Å²) in [7, 11) is -3.34. The summed E-state index contributed by atoms with van der Waals surface area (Å²) >= 11 is 12.0. The molecule has 3 rings (SSSR count). The standard InChI is InChI=1S/C20H25Cl2N3O5S/c1-31(29,30)11-6-17(23-18(26)15-5-4-14(21)12-16(15)22)20(28)25-9-7-24(8-10-25)19(27)13-2-3-13/h4-5,12-13,17H,2-3,6-11H2,1H3,(H,23,26). The monoisotopic (exact) mass is 489 g/mol. The molecule has 2 aliphatic rings. The van der Waals surface area contributed by atoms with Crippen LogP contribution in [0.5, 0.6) is 0 Å². The van der Waals surface area contributed by atoms with E-state index in [9.17, 15) is 22.8 Å². The van der Waals surface area contributed by atoms with Gasteiger partial charge in [0.25, 0.3) is 5.91 Å². The number of nitrogens with zero attached hydrogens (tertiary/aromatic N) is 2. The lowest BCUT2D eigenvalue weighted by Gasteiger charge is -2.36. The quantitative estimate of drug-likeness (QED) is 0.626. The fourth-order valence-corrected chi connectivity index (χ4v) is 4.61. The van der Waals surface area contributed by atoms with Gasteiger partial charge in [-0.25, -0.2) is 8.42 Å². The topological polar surface area (TPSA) is 104 Å². The molecule has 0 radical (unpaired) electrons. The van der Waals surface area contributed by atoms with Crippen LogP contribution in [0.15, 0.2) is 18.2 Å². The van der Waals surface area contributed by atoms with Gasteiger partial charge in [-0.3, -0.25) is 14.4 Å². The van der Waals surface area contributed by atoms with Crippen LogP contribution in [0, 0.1) is 5.92 Å². The van der Waals surface area contributed by atoms with Gasteiger partial charge in [0.2, 0.25) is 11.8 Å². The minimum atomic E-state index is -3.34. The van der Waals surface area contributed by atoms with Crippen molar-refractivity contribution in [2.24, 2.45) is 5.92 Å². The summed E-state index contributed by atoms with van der Waals surface area (Å²) in [5.41, 5.74) is 0.142. The van der Waals surface area contributed by atoms with Crippen LogP contribution in [0.3, 0.4) is 0 Å². The van der Waals surface area contributed by atoms with Crippen molar-refractivity contribution in [3.63, 3.8) is 0 Å². The van der Waals surface area contributed by atoms with E-state index >= 15 is 0 Å². The van der Waals surface area contributed by atoms with Crippen molar-refractivity contribution in [2.75, 3.05) is 38.2 Å². The van der Waals surface area contributed by atoms with Crippen LogP contribution in [-0.2, 0) is 19.4 Å². The van der Waals surface area contributed by atoms with Gasteiger partial charge < -0.3 is 15.1 Å². The van der Waals surface area contributed by atoms with Gasteiger partial charge in [0.05, 0.1) is 16.3 Å². The Morgan fingerprint density at radius 1 is 1.10 bits per heavy atom. The molecule has 1 heterocycles. The first-order valence-electron chi connectivity index (χ1n) is 10.1. The van der Waals surface area contributed by atoms with Crippen LogP contribution in [0.25, 0.3) is 0 Å². The summed E-state index contributed by atoms with van der Waals surface area (Å²) in [5.74, 6) is -0.964. The van der Waals surface area contributed by atoms with Crippen LogP contribution < -0.4 is 5.32 Å². The number of carbonyl (C=O) groups is 3. The molecule has 1 aliphatic heterocycles. The van der Waals surface area contributed by atoms with E-state index in [-0.39, 0.29) is 40.5 Å². The maximum Gasteiger partial charge on any atom is 0.253 e. The summed E-state index contributed by atoms with van der Waals surface area (Å²) in [5, 5.41) is 3.12. The summed E-state index contributed by atoms with van der Waals surface area (Å²) < 4.78 is 23.3. The summed E-state index contributed by atoms with van der Waals surface area (Å²) in [6.07, 6.45) is 2.86. The van der Waals surface area contributed by atoms with Gasteiger partial charge in [0.15, 0.2) is 0 Å². The Morgan fingerprint density at radius 2 is 1.71 bits per heavy atom. The molecule has 2 fully saturated rings. The van der Waals surface area contributed by atoms with Crippen LogP contribution in [0.4, 0.5) is 0 Å². The fourth-order valence-electron chi connectivity index (χ4n) is 3.46. The van der Waals surface area contributed by atoms with Crippen LogP contribution in [0.1, 0.15) is 29.6 Å². The van der Waals surface area contributed by atoms with Crippen molar-refractivity contribution in [3.8, 4) is 0 Å². The lowest BCUT2D eigenvalue weighted by atomic mass is 10.1. The van der Waals surface area contributed by atoms with Crippen molar-refractivity contribution in [2.45, 2.75) is 25.3 Å². The first kappa shape index (κ1) is 23.8. The molecule has 31 heavy (non-hydrogen) atoms. The molecule has 1 saturated heterocycles. The molecule has 1 aliphatic carbocycles. The zero-order valence-electron chi connectivity index (χ0n) is 17.1.